The Kier molecular flexibility index (Phi) is 4.62. The number of carboxylic acids is 1. The van der Waals surface area contributed by atoms with Crippen molar-refractivity contribution in [3.8, 4) is 0 Å². The highest BCUT2D eigenvalue weighted by molar-refractivity contribution is 6.06. The lowest BCUT2D eigenvalue weighted by Crippen LogP contribution is -2.28. The Morgan fingerprint density at radius 3 is 2.76 bits per heavy atom. The van der Waals surface area contributed by atoms with Crippen molar-refractivity contribution < 1.29 is 14.7 Å². The number of amides is 1. The quantitative estimate of drug-likeness (QED) is 0.857. The minimum Gasteiger partial charge on any atom is -0.481 e. The smallest absolute Gasteiger partial charge is 0.303 e. The second-order valence-corrected chi connectivity index (χ2v) is 5.42. The van der Waals surface area contributed by atoms with Crippen LogP contribution in [0.3, 0.4) is 0 Å². The predicted molar refractivity (Wildman–Crippen MR) is 81.3 cm³/mol. The van der Waals surface area contributed by atoms with Gasteiger partial charge in [-0.1, -0.05) is 25.1 Å². The maximum Gasteiger partial charge on any atom is 0.303 e. The van der Waals surface area contributed by atoms with Crippen molar-refractivity contribution in [1.29, 1.82) is 0 Å². The number of nitrogens with one attached hydrogen (secondary N) is 1. The number of aryl methyl sites for hydroxylation is 1. The standard InChI is InChI=1S/C16H20N2O3/c1-11(7-8-15(19)20)9-17-16(21)13-10-18(2)14-6-4-3-5-12(13)14/h3-6,10-11H,7-9H2,1-2H3,(H,17,21)(H,19,20). The van der Waals surface area contributed by atoms with Crippen molar-refractivity contribution in [2.24, 2.45) is 13.0 Å². The zero-order valence-corrected chi connectivity index (χ0v) is 12.3. The van der Waals surface area contributed by atoms with E-state index in [4.69, 9.17) is 5.11 Å². The molecule has 2 rings (SSSR count). The van der Waals surface area contributed by atoms with E-state index in [9.17, 15) is 9.59 Å². The number of carbonyl (C=O) groups excluding carboxylic acids is 1. The van der Waals surface area contributed by atoms with Crippen LogP contribution in [0, 0.1) is 5.92 Å². The first-order valence-corrected chi connectivity index (χ1v) is 7.03. The molecule has 0 saturated carbocycles. The zero-order chi connectivity index (χ0) is 15.4. The third kappa shape index (κ3) is 3.62. The van der Waals surface area contributed by atoms with Crippen LogP contribution in [-0.2, 0) is 11.8 Å². The van der Waals surface area contributed by atoms with Gasteiger partial charge in [0, 0.05) is 37.1 Å². The molecule has 21 heavy (non-hydrogen) atoms. The van der Waals surface area contributed by atoms with Crippen molar-refractivity contribution in [3.05, 3.63) is 36.0 Å². The molecule has 1 heterocycles. The number of hydrogen-bond acceptors (Lipinski definition) is 2. The zero-order valence-electron chi connectivity index (χ0n) is 12.3. The van der Waals surface area contributed by atoms with E-state index in [1.807, 2.05) is 49.0 Å². The van der Waals surface area contributed by atoms with E-state index in [1.165, 1.54) is 0 Å². The number of rotatable bonds is 6. The van der Waals surface area contributed by atoms with Crippen LogP contribution in [0.4, 0.5) is 0 Å². The van der Waals surface area contributed by atoms with Crippen LogP contribution in [0.2, 0.25) is 0 Å². The molecule has 0 aliphatic rings. The molecule has 2 aromatic rings. The highest BCUT2D eigenvalue weighted by Crippen LogP contribution is 2.20. The average Bonchev–Trinajstić information content (AvgIpc) is 2.80. The minimum atomic E-state index is -0.803. The number of aliphatic carboxylic acids is 1. The molecule has 0 radical (unpaired) electrons. The minimum absolute atomic E-state index is 0.117. The average molecular weight is 288 g/mol. The first-order chi connectivity index (χ1) is 9.99. The Morgan fingerprint density at radius 1 is 1.33 bits per heavy atom. The third-order valence-corrected chi connectivity index (χ3v) is 3.60. The molecule has 5 nitrogen and oxygen atoms in total. The molecule has 5 heteroatoms. The molecule has 0 spiro atoms. The summed E-state index contributed by atoms with van der Waals surface area (Å²) in [4.78, 5) is 22.8. The van der Waals surface area contributed by atoms with Crippen LogP contribution < -0.4 is 5.32 Å². The van der Waals surface area contributed by atoms with Gasteiger partial charge in [0.15, 0.2) is 0 Å². The fraction of sp³-hybridized carbons (Fsp3) is 0.375. The van der Waals surface area contributed by atoms with Crippen LogP contribution in [0.15, 0.2) is 30.5 Å². The maximum absolute atomic E-state index is 12.3. The van der Waals surface area contributed by atoms with Crippen LogP contribution in [0.25, 0.3) is 10.9 Å². The van der Waals surface area contributed by atoms with E-state index >= 15 is 0 Å². The normalized spacial score (nSPS) is 12.3. The molecular formula is C16H20N2O3. The van der Waals surface area contributed by atoms with Gasteiger partial charge in [-0.15, -0.1) is 0 Å². The van der Waals surface area contributed by atoms with Crippen molar-refractivity contribution in [1.82, 2.24) is 9.88 Å². The lowest BCUT2D eigenvalue weighted by molar-refractivity contribution is -0.137. The van der Waals surface area contributed by atoms with E-state index < -0.39 is 5.97 Å². The summed E-state index contributed by atoms with van der Waals surface area (Å²) in [5, 5.41) is 12.5. The van der Waals surface area contributed by atoms with Gasteiger partial charge in [0.25, 0.3) is 5.91 Å². The lowest BCUT2D eigenvalue weighted by Gasteiger charge is -2.11. The number of aromatic nitrogens is 1. The predicted octanol–water partition coefficient (Wildman–Crippen LogP) is 2.41. The Bertz CT molecular complexity index is 661. The van der Waals surface area contributed by atoms with Crippen molar-refractivity contribution in [2.75, 3.05) is 6.54 Å². The summed E-state index contributed by atoms with van der Waals surface area (Å²) in [6.45, 7) is 2.42. The first-order valence-electron chi connectivity index (χ1n) is 7.03. The molecule has 1 aromatic heterocycles. The van der Waals surface area contributed by atoms with Gasteiger partial charge < -0.3 is 15.0 Å². The topological polar surface area (TPSA) is 71.3 Å². The molecule has 0 aliphatic carbocycles. The summed E-state index contributed by atoms with van der Waals surface area (Å²) in [7, 11) is 1.91. The van der Waals surface area contributed by atoms with Gasteiger partial charge in [-0.2, -0.15) is 0 Å². The van der Waals surface area contributed by atoms with Crippen molar-refractivity contribution >= 4 is 22.8 Å². The fourth-order valence-corrected chi connectivity index (χ4v) is 2.36. The number of carbonyl (C=O) groups is 2. The fourth-order valence-electron chi connectivity index (χ4n) is 2.36. The Labute approximate surface area is 123 Å². The molecule has 0 fully saturated rings. The Hall–Kier alpha value is -2.30. The monoisotopic (exact) mass is 288 g/mol. The molecule has 0 saturated heterocycles. The molecule has 112 valence electrons. The number of carboxylic acid groups (broad SMARTS) is 1. The molecule has 1 atom stereocenters. The van der Waals surface area contributed by atoms with E-state index in [-0.39, 0.29) is 18.2 Å². The highest BCUT2D eigenvalue weighted by atomic mass is 16.4. The van der Waals surface area contributed by atoms with E-state index in [2.05, 4.69) is 5.32 Å². The van der Waals surface area contributed by atoms with Crippen LogP contribution in [0.1, 0.15) is 30.1 Å². The van der Waals surface area contributed by atoms with Gasteiger partial charge in [-0.25, -0.2) is 0 Å². The van der Waals surface area contributed by atoms with Gasteiger partial charge in [0.1, 0.15) is 0 Å². The van der Waals surface area contributed by atoms with Crippen molar-refractivity contribution in [3.63, 3.8) is 0 Å². The van der Waals surface area contributed by atoms with Gasteiger partial charge in [0.05, 0.1) is 5.56 Å². The number of hydrogen-bond donors (Lipinski definition) is 2. The summed E-state index contributed by atoms with van der Waals surface area (Å²) in [5.41, 5.74) is 1.67. The number of benzene rings is 1. The highest BCUT2D eigenvalue weighted by Gasteiger charge is 2.14. The second-order valence-electron chi connectivity index (χ2n) is 5.42. The number of nitrogens with zero attached hydrogens (tertiary/aromatic N) is 1. The third-order valence-electron chi connectivity index (χ3n) is 3.60. The van der Waals surface area contributed by atoms with Crippen LogP contribution in [-0.4, -0.2) is 28.1 Å². The Morgan fingerprint density at radius 2 is 2.05 bits per heavy atom. The summed E-state index contributed by atoms with van der Waals surface area (Å²) in [6.07, 6.45) is 2.51. The number of fused-ring (bicyclic) bond motifs is 1. The number of para-hydroxylation sites is 1. The molecule has 1 amide bonds. The van der Waals surface area contributed by atoms with Crippen LogP contribution >= 0.6 is 0 Å². The summed E-state index contributed by atoms with van der Waals surface area (Å²) >= 11 is 0. The van der Waals surface area contributed by atoms with E-state index in [0.29, 0.717) is 18.5 Å². The van der Waals surface area contributed by atoms with Gasteiger partial charge in [-0.05, 0) is 18.4 Å². The van der Waals surface area contributed by atoms with Gasteiger partial charge in [0.2, 0.25) is 0 Å². The van der Waals surface area contributed by atoms with Crippen molar-refractivity contribution in [2.45, 2.75) is 19.8 Å². The first kappa shape index (κ1) is 15.1. The molecule has 0 aliphatic heterocycles. The molecule has 1 aromatic carbocycles. The summed E-state index contributed by atoms with van der Waals surface area (Å²) in [6, 6.07) is 7.76. The second kappa shape index (κ2) is 6.43. The largest absolute Gasteiger partial charge is 0.481 e. The molecule has 2 N–H and O–H groups in total. The lowest BCUT2D eigenvalue weighted by atomic mass is 10.1. The van der Waals surface area contributed by atoms with Gasteiger partial charge >= 0.3 is 5.97 Å². The van der Waals surface area contributed by atoms with Crippen LogP contribution in [0.5, 0.6) is 0 Å². The molecule has 0 bridgehead atoms. The Balaban J connectivity index is 2.01. The van der Waals surface area contributed by atoms with Gasteiger partial charge in [-0.3, -0.25) is 9.59 Å². The SMILES string of the molecule is CC(CCC(=O)O)CNC(=O)c1cn(C)c2ccccc12. The molecule has 1 unspecified atom stereocenters. The van der Waals surface area contributed by atoms with E-state index in [0.717, 1.165) is 10.9 Å². The molecular weight excluding hydrogens is 268 g/mol. The summed E-state index contributed by atoms with van der Waals surface area (Å²) < 4.78 is 1.93. The van der Waals surface area contributed by atoms with E-state index in [1.54, 1.807) is 0 Å². The maximum atomic E-state index is 12.3. The summed E-state index contributed by atoms with van der Waals surface area (Å²) in [5.74, 6) is -0.781.